The number of benzene rings is 2. The SMILES string of the molecule is COc1ccccc1CNC(=O)CCn1cnc2ccc(Br)cc2c1=O. The van der Waals surface area contributed by atoms with Gasteiger partial charge in [0.05, 0.1) is 24.3 Å². The predicted octanol–water partition coefficient (Wildman–Crippen LogP) is 2.87. The molecule has 1 amide bonds. The summed E-state index contributed by atoms with van der Waals surface area (Å²) in [5, 5.41) is 3.37. The van der Waals surface area contributed by atoms with E-state index in [9.17, 15) is 9.59 Å². The number of ether oxygens (including phenoxy) is 1. The Hall–Kier alpha value is -2.67. The van der Waals surface area contributed by atoms with Gasteiger partial charge in [0.15, 0.2) is 0 Å². The van der Waals surface area contributed by atoms with Crippen molar-refractivity contribution in [3.63, 3.8) is 0 Å². The van der Waals surface area contributed by atoms with Gasteiger partial charge in [0.25, 0.3) is 5.56 Å². The summed E-state index contributed by atoms with van der Waals surface area (Å²) in [5.41, 5.74) is 1.38. The predicted molar refractivity (Wildman–Crippen MR) is 103 cm³/mol. The average molecular weight is 416 g/mol. The second-order valence-electron chi connectivity index (χ2n) is 5.74. The molecular weight excluding hydrogens is 398 g/mol. The number of methoxy groups -OCH3 is 1. The molecule has 6 nitrogen and oxygen atoms in total. The summed E-state index contributed by atoms with van der Waals surface area (Å²) in [5.74, 6) is 0.588. The van der Waals surface area contributed by atoms with Crippen LogP contribution in [0, 0.1) is 0 Å². The molecule has 1 aromatic heterocycles. The molecule has 2 aromatic carbocycles. The summed E-state index contributed by atoms with van der Waals surface area (Å²) in [6.07, 6.45) is 1.67. The lowest BCUT2D eigenvalue weighted by Gasteiger charge is -2.10. The maximum Gasteiger partial charge on any atom is 0.261 e. The van der Waals surface area contributed by atoms with E-state index in [0.717, 1.165) is 15.8 Å². The van der Waals surface area contributed by atoms with Crippen LogP contribution in [-0.4, -0.2) is 22.6 Å². The van der Waals surface area contributed by atoms with Crippen LogP contribution in [0.3, 0.4) is 0 Å². The first-order valence-corrected chi connectivity index (χ1v) is 8.91. The minimum absolute atomic E-state index is 0.142. The number of nitrogens with zero attached hydrogens (tertiary/aromatic N) is 2. The molecule has 0 saturated heterocycles. The Bertz CT molecular complexity index is 1000. The van der Waals surface area contributed by atoms with Crippen LogP contribution < -0.4 is 15.6 Å². The number of rotatable bonds is 6. The molecule has 3 rings (SSSR count). The molecule has 0 aliphatic carbocycles. The van der Waals surface area contributed by atoms with Gasteiger partial charge in [-0.15, -0.1) is 0 Å². The number of aromatic nitrogens is 2. The number of carbonyl (C=O) groups excluding carboxylic acids is 1. The lowest BCUT2D eigenvalue weighted by atomic mass is 10.2. The first-order chi connectivity index (χ1) is 12.6. The zero-order valence-electron chi connectivity index (χ0n) is 14.2. The second kappa shape index (κ2) is 8.14. The minimum Gasteiger partial charge on any atom is -0.496 e. The van der Waals surface area contributed by atoms with E-state index in [1.54, 1.807) is 19.2 Å². The van der Waals surface area contributed by atoms with Crippen molar-refractivity contribution in [2.45, 2.75) is 19.5 Å². The summed E-state index contributed by atoms with van der Waals surface area (Å²) in [6, 6.07) is 12.9. The van der Waals surface area contributed by atoms with E-state index in [4.69, 9.17) is 4.74 Å². The lowest BCUT2D eigenvalue weighted by molar-refractivity contribution is -0.121. The van der Waals surface area contributed by atoms with Crippen molar-refractivity contribution in [1.29, 1.82) is 0 Å². The molecule has 0 unspecified atom stereocenters. The summed E-state index contributed by atoms with van der Waals surface area (Å²) < 4.78 is 7.54. The number of aryl methyl sites for hydroxylation is 1. The summed E-state index contributed by atoms with van der Waals surface area (Å²) in [7, 11) is 1.60. The second-order valence-corrected chi connectivity index (χ2v) is 6.66. The van der Waals surface area contributed by atoms with Gasteiger partial charge in [0.2, 0.25) is 5.91 Å². The number of hydrogen-bond donors (Lipinski definition) is 1. The monoisotopic (exact) mass is 415 g/mol. The van der Waals surface area contributed by atoms with E-state index >= 15 is 0 Å². The van der Waals surface area contributed by atoms with Gasteiger partial charge in [0.1, 0.15) is 5.75 Å². The molecule has 134 valence electrons. The lowest BCUT2D eigenvalue weighted by Crippen LogP contribution is -2.27. The van der Waals surface area contributed by atoms with Gasteiger partial charge in [-0.3, -0.25) is 14.2 Å². The Labute approximate surface area is 158 Å². The van der Waals surface area contributed by atoms with Crippen molar-refractivity contribution >= 4 is 32.7 Å². The number of amides is 1. The number of nitrogens with one attached hydrogen (secondary N) is 1. The van der Waals surface area contributed by atoms with Crippen LogP contribution in [0.15, 0.2) is 58.1 Å². The van der Waals surface area contributed by atoms with Crippen LogP contribution in [0.4, 0.5) is 0 Å². The third kappa shape index (κ3) is 4.11. The van der Waals surface area contributed by atoms with Crippen LogP contribution in [0.25, 0.3) is 10.9 Å². The molecule has 26 heavy (non-hydrogen) atoms. The zero-order valence-corrected chi connectivity index (χ0v) is 15.8. The molecule has 1 N–H and O–H groups in total. The van der Waals surface area contributed by atoms with E-state index in [2.05, 4.69) is 26.2 Å². The Morgan fingerprint density at radius 1 is 1.27 bits per heavy atom. The third-order valence-corrected chi connectivity index (χ3v) is 4.53. The first kappa shape index (κ1) is 18.1. The van der Waals surface area contributed by atoms with E-state index in [1.807, 2.05) is 30.3 Å². The highest BCUT2D eigenvalue weighted by molar-refractivity contribution is 9.10. The Morgan fingerprint density at radius 3 is 2.88 bits per heavy atom. The highest BCUT2D eigenvalue weighted by Gasteiger charge is 2.08. The van der Waals surface area contributed by atoms with E-state index in [0.29, 0.717) is 17.4 Å². The van der Waals surface area contributed by atoms with E-state index in [-0.39, 0.29) is 24.4 Å². The Morgan fingerprint density at radius 2 is 2.08 bits per heavy atom. The molecule has 0 fully saturated rings. The van der Waals surface area contributed by atoms with Crippen LogP contribution in [0.2, 0.25) is 0 Å². The fourth-order valence-corrected chi connectivity index (χ4v) is 3.00. The molecule has 1 heterocycles. The molecule has 3 aromatic rings. The van der Waals surface area contributed by atoms with E-state index in [1.165, 1.54) is 10.9 Å². The fourth-order valence-electron chi connectivity index (χ4n) is 2.64. The molecule has 7 heteroatoms. The minimum atomic E-state index is -0.158. The molecule has 0 bridgehead atoms. The van der Waals surface area contributed by atoms with Gasteiger partial charge >= 0.3 is 0 Å². The Balaban J connectivity index is 1.63. The number of para-hydroxylation sites is 1. The van der Waals surface area contributed by atoms with Crippen molar-refractivity contribution in [3.8, 4) is 5.75 Å². The molecule has 0 aliphatic rings. The summed E-state index contributed by atoms with van der Waals surface area (Å²) in [6.45, 7) is 0.646. The first-order valence-electron chi connectivity index (χ1n) is 8.12. The largest absolute Gasteiger partial charge is 0.496 e. The van der Waals surface area contributed by atoms with Gasteiger partial charge in [-0.05, 0) is 24.3 Å². The quantitative estimate of drug-likeness (QED) is 0.671. The van der Waals surface area contributed by atoms with Crippen LogP contribution in [-0.2, 0) is 17.9 Å². The molecule has 0 spiro atoms. The molecule has 0 aliphatic heterocycles. The van der Waals surface area contributed by atoms with Crippen LogP contribution >= 0.6 is 15.9 Å². The maximum atomic E-state index is 12.5. The number of hydrogen-bond acceptors (Lipinski definition) is 4. The van der Waals surface area contributed by atoms with Gasteiger partial charge in [-0.1, -0.05) is 34.1 Å². The Kier molecular flexibility index (Phi) is 5.68. The zero-order chi connectivity index (χ0) is 18.5. The van der Waals surface area contributed by atoms with Gasteiger partial charge in [-0.25, -0.2) is 4.98 Å². The van der Waals surface area contributed by atoms with Crippen LogP contribution in [0.1, 0.15) is 12.0 Å². The highest BCUT2D eigenvalue weighted by atomic mass is 79.9. The van der Waals surface area contributed by atoms with E-state index < -0.39 is 0 Å². The van der Waals surface area contributed by atoms with Crippen molar-refractivity contribution in [1.82, 2.24) is 14.9 Å². The number of fused-ring (bicyclic) bond motifs is 1. The molecular formula is C19H18BrN3O3. The van der Waals surface area contributed by atoms with Crippen molar-refractivity contribution in [2.24, 2.45) is 0 Å². The summed E-state index contributed by atoms with van der Waals surface area (Å²) in [4.78, 5) is 28.9. The average Bonchev–Trinajstić information content (AvgIpc) is 2.66. The number of carbonyl (C=O) groups is 1. The third-order valence-electron chi connectivity index (χ3n) is 4.03. The highest BCUT2D eigenvalue weighted by Crippen LogP contribution is 2.17. The smallest absolute Gasteiger partial charge is 0.261 e. The molecule has 0 saturated carbocycles. The standard InChI is InChI=1S/C19H18BrN3O3/c1-26-17-5-3-2-4-13(17)11-21-18(24)8-9-23-12-22-16-7-6-14(20)10-15(16)19(23)25/h2-7,10,12H,8-9,11H2,1H3,(H,21,24). The number of halogens is 1. The van der Waals surface area contributed by atoms with Gasteiger partial charge in [-0.2, -0.15) is 0 Å². The fraction of sp³-hybridized carbons (Fsp3) is 0.211. The van der Waals surface area contributed by atoms with Crippen molar-refractivity contribution in [2.75, 3.05) is 7.11 Å². The van der Waals surface area contributed by atoms with Gasteiger partial charge < -0.3 is 10.1 Å². The molecule has 0 atom stereocenters. The van der Waals surface area contributed by atoms with Crippen LogP contribution in [0.5, 0.6) is 5.75 Å². The van der Waals surface area contributed by atoms with Crippen molar-refractivity contribution in [3.05, 3.63) is 69.2 Å². The molecule has 0 radical (unpaired) electrons. The van der Waals surface area contributed by atoms with Crippen molar-refractivity contribution < 1.29 is 9.53 Å². The topological polar surface area (TPSA) is 73.2 Å². The normalized spacial score (nSPS) is 10.7. The maximum absolute atomic E-state index is 12.5. The van der Waals surface area contributed by atoms with Gasteiger partial charge in [0, 0.05) is 29.5 Å². The summed E-state index contributed by atoms with van der Waals surface area (Å²) >= 11 is 3.36.